The number of aryl methyl sites for hydroxylation is 2. The molecular weight excluding hydrogens is 869 g/mol. The van der Waals surface area contributed by atoms with Crippen molar-refractivity contribution in [3.8, 4) is 11.5 Å². The van der Waals surface area contributed by atoms with E-state index in [-0.39, 0.29) is 0 Å². The van der Waals surface area contributed by atoms with E-state index in [1.807, 2.05) is 0 Å². The van der Waals surface area contributed by atoms with Crippen LogP contribution in [0.5, 0.6) is 11.5 Å². The van der Waals surface area contributed by atoms with E-state index >= 15 is 0 Å². The SMILES string of the molecule is CCCCCCCCCCCCCCCc1cccc(OCC(CSCCCCSCC(COc2cccc(CCCCCCCCCCCCCCC)c2)[n+]2ccccc2)[n+]2ccccc2)c1. The maximum atomic E-state index is 6.50. The molecule has 6 heteroatoms. The third-order valence-electron chi connectivity index (χ3n) is 13.6. The molecule has 0 bridgehead atoms. The second-order valence-electron chi connectivity index (χ2n) is 19.7. The molecular formula is C62H98N2O2S2+2. The second kappa shape index (κ2) is 40.7. The average Bonchev–Trinajstić information content (AvgIpc) is 3.37. The molecule has 2 heterocycles. The average molecular weight is 968 g/mol. The fraction of sp³-hybridized carbons (Fsp3) is 0.645. The molecule has 0 amide bonds. The molecule has 4 aromatic rings. The van der Waals surface area contributed by atoms with Crippen molar-refractivity contribution in [3.05, 3.63) is 121 Å². The molecule has 2 atom stereocenters. The summed E-state index contributed by atoms with van der Waals surface area (Å²) in [5, 5.41) is 0. The van der Waals surface area contributed by atoms with Gasteiger partial charge in [0.25, 0.3) is 0 Å². The van der Waals surface area contributed by atoms with Crippen molar-refractivity contribution in [1.29, 1.82) is 0 Å². The van der Waals surface area contributed by atoms with Crippen molar-refractivity contribution in [2.75, 3.05) is 36.2 Å². The maximum Gasteiger partial charge on any atom is 0.200 e. The molecule has 0 radical (unpaired) electrons. The minimum Gasteiger partial charge on any atom is -0.487 e. The number of hydrogen-bond donors (Lipinski definition) is 0. The maximum absolute atomic E-state index is 6.50. The van der Waals surface area contributed by atoms with E-state index in [1.54, 1.807) is 0 Å². The van der Waals surface area contributed by atoms with Crippen LogP contribution >= 0.6 is 23.5 Å². The Morgan fingerprint density at radius 3 is 1.03 bits per heavy atom. The molecule has 4 rings (SSSR count). The monoisotopic (exact) mass is 967 g/mol. The highest BCUT2D eigenvalue weighted by Gasteiger charge is 2.21. The Labute approximate surface area is 427 Å². The van der Waals surface area contributed by atoms with Gasteiger partial charge in [0.2, 0.25) is 12.1 Å². The smallest absolute Gasteiger partial charge is 0.200 e. The summed E-state index contributed by atoms with van der Waals surface area (Å²) in [5.41, 5.74) is 2.81. The number of aromatic nitrogens is 2. The van der Waals surface area contributed by atoms with Gasteiger partial charge >= 0.3 is 0 Å². The number of rotatable bonds is 45. The van der Waals surface area contributed by atoms with Crippen molar-refractivity contribution in [2.45, 2.75) is 219 Å². The van der Waals surface area contributed by atoms with Crippen LogP contribution in [0.2, 0.25) is 0 Å². The van der Waals surface area contributed by atoms with E-state index in [1.165, 1.54) is 202 Å². The molecule has 0 spiro atoms. The van der Waals surface area contributed by atoms with Crippen LogP contribution in [0.1, 0.15) is 217 Å². The van der Waals surface area contributed by atoms with Gasteiger partial charge in [-0.15, -0.1) is 0 Å². The summed E-state index contributed by atoms with van der Waals surface area (Å²) in [6.45, 7) is 5.97. The lowest BCUT2D eigenvalue weighted by Crippen LogP contribution is -2.43. The van der Waals surface area contributed by atoms with Crippen LogP contribution in [-0.2, 0) is 12.8 Å². The Morgan fingerprint density at radius 1 is 0.368 bits per heavy atom. The predicted molar refractivity (Wildman–Crippen MR) is 298 cm³/mol. The van der Waals surface area contributed by atoms with Gasteiger partial charge in [-0.05, 0) is 85.4 Å². The van der Waals surface area contributed by atoms with Crippen LogP contribution in [0.25, 0.3) is 0 Å². The minimum absolute atomic E-state index is 0.295. The van der Waals surface area contributed by atoms with Gasteiger partial charge in [0.1, 0.15) is 11.5 Å². The van der Waals surface area contributed by atoms with Crippen LogP contribution < -0.4 is 18.6 Å². The number of unbranched alkanes of at least 4 members (excludes halogenated alkanes) is 25. The van der Waals surface area contributed by atoms with Crippen LogP contribution in [0.3, 0.4) is 0 Å². The molecule has 378 valence electrons. The molecule has 0 saturated heterocycles. The zero-order chi connectivity index (χ0) is 47.6. The van der Waals surface area contributed by atoms with Gasteiger partial charge < -0.3 is 9.47 Å². The number of thioether (sulfide) groups is 2. The molecule has 0 fully saturated rings. The fourth-order valence-corrected chi connectivity index (χ4v) is 11.5. The number of benzene rings is 2. The van der Waals surface area contributed by atoms with Gasteiger partial charge in [-0.1, -0.05) is 204 Å². The van der Waals surface area contributed by atoms with E-state index in [4.69, 9.17) is 9.47 Å². The van der Waals surface area contributed by atoms with E-state index in [2.05, 4.69) is 156 Å². The molecule has 0 N–H and O–H groups in total. The molecule has 2 aromatic carbocycles. The summed E-state index contributed by atoms with van der Waals surface area (Å²) < 4.78 is 17.7. The largest absolute Gasteiger partial charge is 0.487 e. The first-order valence-electron chi connectivity index (χ1n) is 28.3. The van der Waals surface area contributed by atoms with Crippen molar-refractivity contribution in [2.24, 2.45) is 0 Å². The lowest BCUT2D eigenvalue weighted by Gasteiger charge is -2.15. The van der Waals surface area contributed by atoms with Crippen LogP contribution in [0, 0.1) is 0 Å². The third kappa shape index (κ3) is 28.6. The predicted octanol–water partition coefficient (Wildman–Crippen LogP) is 17.7. The van der Waals surface area contributed by atoms with Gasteiger partial charge in [0, 0.05) is 24.3 Å². The Balaban J connectivity index is 1.07. The van der Waals surface area contributed by atoms with Crippen molar-refractivity contribution < 1.29 is 18.6 Å². The van der Waals surface area contributed by atoms with Gasteiger partial charge in [-0.3, -0.25) is 0 Å². The van der Waals surface area contributed by atoms with Crippen molar-refractivity contribution in [3.63, 3.8) is 0 Å². The molecule has 0 saturated carbocycles. The van der Waals surface area contributed by atoms with E-state index in [0.717, 1.165) is 35.8 Å². The number of hydrogen-bond acceptors (Lipinski definition) is 4. The van der Waals surface area contributed by atoms with Crippen molar-refractivity contribution >= 4 is 23.5 Å². The van der Waals surface area contributed by atoms with E-state index in [9.17, 15) is 0 Å². The van der Waals surface area contributed by atoms with E-state index in [0.29, 0.717) is 25.3 Å². The van der Waals surface area contributed by atoms with Crippen LogP contribution in [-0.4, -0.2) is 36.2 Å². The Kier molecular flexibility index (Phi) is 34.5. The molecule has 0 aliphatic heterocycles. The summed E-state index contributed by atoms with van der Waals surface area (Å²) >= 11 is 4.14. The fourth-order valence-electron chi connectivity index (χ4n) is 9.26. The molecule has 0 aliphatic carbocycles. The quantitative estimate of drug-likeness (QED) is 0.0326. The topological polar surface area (TPSA) is 26.2 Å². The normalized spacial score (nSPS) is 12.3. The Hall–Kier alpha value is -2.96. The summed E-state index contributed by atoms with van der Waals surface area (Å²) in [6, 6.07) is 31.1. The van der Waals surface area contributed by atoms with E-state index < -0.39 is 0 Å². The first-order valence-corrected chi connectivity index (χ1v) is 30.6. The highest BCUT2D eigenvalue weighted by Crippen LogP contribution is 2.22. The highest BCUT2D eigenvalue weighted by molar-refractivity contribution is 7.99. The standard InChI is InChI=1S/C62H98N2O2S2/c1-3-5-7-9-11-13-15-17-19-21-23-25-29-39-57-41-37-43-61(51-57)65-53-59(63-45-31-27-32-46-63)55-67-49-35-36-50-68-56-60(64-47-33-28-34-48-64)54-66-62-44-38-42-58(52-62)40-30-26-24-22-20-18-16-14-12-10-8-6-4-2/h27-28,31-34,37-38,41-48,51-52,59-60H,3-26,29-30,35-36,39-40,49-50,53-56H2,1-2H3/q+2. The van der Waals surface area contributed by atoms with Gasteiger partial charge in [0.15, 0.2) is 38.0 Å². The molecule has 4 nitrogen and oxygen atoms in total. The minimum atomic E-state index is 0.295. The van der Waals surface area contributed by atoms with Crippen LogP contribution in [0.15, 0.2) is 110 Å². The summed E-state index contributed by atoms with van der Waals surface area (Å²) in [5.74, 6) is 6.46. The summed E-state index contributed by atoms with van der Waals surface area (Å²) in [4.78, 5) is 0. The highest BCUT2D eigenvalue weighted by atomic mass is 32.2. The van der Waals surface area contributed by atoms with Crippen LogP contribution in [0.4, 0.5) is 0 Å². The number of pyridine rings is 2. The molecule has 2 unspecified atom stereocenters. The number of ether oxygens (including phenoxy) is 2. The zero-order valence-electron chi connectivity index (χ0n) is 43.5. The molecule has 0 aliphatic rings. The van der Waals surface area contributed by atoms with Gasteiger partial charge in [-0.2, -0.15) is 32.7 Å². The summed E-state index contributed by atoms with van der Waals surface area (Å²) in [6.07, 6.45) is 49.9. The number of nitrogens with zero attached hydrogens (tertiary/aromatic N) is 2. The summed E-state index contributed by atoms with van der Waals surface area (Å²) in [7, 11) is 0. The second-order valence-corrected chi connectivity index (χ2v) is 22.0. The first kappa shape index (κ1) is 57.6. The Bertz CT molecular complexity index is 1600. The lowest BCUT2D eigenvalue weighted by atomic mass is 10.0. The van der Waals surface area contributed by atoms with Gasteiger partial charge in [-0.25, -0.2) is 0 Å². The first-order chi connectivity index (χ1) is 33.7. The van der Waals surface area contributed by atoms with Crippen molar-refractivity contribution in [1.82, 2.24) is 0 Å². The third-order valence-corrected chi connectivity index (χ3v) is 16.0. The molecule has 2 aromatic heterocycles. The van der Waals surface area contributed by atoms with Gasteiger partial charge in [0.05, 0.1) is 11.5 Å². The Morgan fingerprint density at radius 2 is 0.691 bits per heavy atom. The zero-order valence-corrected chi connectivity index (χ0v) is 45.2. The lowest BCUT2D eigenvalue weighted by molar-refractivity contribution is -0.719. The molecule has 68 heavy (non-hydrogen) atoms.